The van der Waals surface area contributed by atoms with E-state index in [1.807, 2.05) is 29.2 Å². The lowest BCUT2D eigenvalue weighted by atomic mass is 10.0. The summed E-state index contributed by atoms with van der Waals surface area (Å²) in [6, 6.07) is 7.45. The Morgan fingerprint density at radius 3 is 2.94 bits per heavy atom. The lowest BCUT2D eigenvalue weighted by Crippen LogP contribution is -2.33. The van der Waals surface area contributed by atoms with Crippen LogP contribution in [-0.4, -0.2) is 23.4 Å². The maximum atomic E-state index is 11.9. The van der Waals surface area contributed by atoms with E-state index < -0.39 is 0 Å². The second kappa shape index (κ2) is 5.07. The summed E-state index contributed by atoms with van der Waals surface area (Å²) in [7, 11) is 0. The van der Waals surface area contributed by atoms with Crippen LogP contribution < -0.4 is 5.73 Å². The van der Waals surface area contributed by atoms with Gasteiger partial charge in [-0.1, -0.05) is 30.7 Å². The van der Waals surface area contributed by atoms with Crippen molar-refractivity contribution in [3.05, 3.63) is 34.9 Å². The Balaban J connectivity index is 2.31. The van der Waals surface area contributed by atoms with E-state index >= 15 is 0 Å². The Morgan fingerprint density at radius 1 is 1.53 bits per heavy atom. The van der Waals surface area contributed by atoms with E-state index in [2.05, 4.69) is 6.92 Å². The first-order valence-corrected chi connectivity index (χ1v) is 6.31. The molecule has 0 radical (unpaired) electrons. The summed E-state index contributed by atoms with van der Waals surface area (Å²) in [6.07, 6.45) is 1.37. The van der Waals surface area contributed by atoms with Crippen molar-refractivity contribution in [3.8, 4) is 0 Å². The molecule has 1 aromatic carbocycles. The van der Waals surface area contributed by atoms with Gasteiger partial charge in [-0.15, -0.1) is 0 Å². The predicted molar refractivity (Wildman–Crippen MR) is 68.8 cm³/mol. The van der Waals surface area contributed by atoms with E-state index in [1.54, 1.807) is 0 Å². The molecule has 2 atom stereocenters. The summed E-state index contributed by atoms with van der Waals surface area (Å²) in [4.78, 5) is 13.7. The van der Waals surface area contributed by atoms with Crippen molar-refractivity contribution < 1.29 is 4.79 Å². The fraction of sp³-hybridized carbons (Fsp3) is 0.462. The number of hydrogen-bond donors (Lipinski definition) is 1. The van der Waals surface area contributed by atoms with Gasteiger partial charge in [0.2, 0.25) is 5.91 Å². The van der Waals surface area contributed by atoms with Gasteiger partial charge in [-0.05, 0) is 24.1 Å². The molecule has 2 rings (SSSR count). The molecule has 0 aromatic heterocycles. The number of nitrogens with zero attached hydrogens (tertiary/aromatic N) is 1. The maximum Gasteiger partial charge on any atom is 0.224 e. The van der Waals surface area contributed by atoms with Crippen molar-refractivity contribution in [1.82, 2.24) is 4.90 Å². The van der Waals surface area contributed by atoms with Gasteiger partial charge in [-0.25, -0.2) is 0 Å². The van der Waals surface area contributed by atoms with Crippen molar-refractivity contribution in [1.29, 1.82) is 0 Å². The summed E-state index contributed by atoms with van der Waals surface area (Å²) in [6.45, 7) is 2.82. The van der Waals surface area contributed by atoms with Crippen LogP contribution in [0, 0.1) is 0 Å². The van der Waals surface area contributed by atoms with E-state index in [0.717, 1.165) is 18.5 Å². The van der Waals surface area contributed by atoms with E-state index in [4.69, 9.17) is 17.3 Å². The first kappa shape index (κ1) is 12.4. The van der Waals surface area contributed by atoms with Crippen molar-refractivity contribution in [2.75, 3.05) is 6.54 Å². The van der Waals surface area contributed by atoms with Crippen LogP contribution in [0.25, 0.3) is 0 Å². The summed E-state index contributed by atoms with van der Waals surface area (Å²) in [5, 5.41) is 0.686. The van der Waals surface area contributed by atoms with E-state index in [1.165, 1.54) is 0 Å². The third-order valence-corrected chi connectivity index (χ3v) is 3.36. The first-order valence-electron chi connectivity index (χ1n) is 5.94. The summed E-state index contributed by atoms with van der Waals surface area (Å²) < 4.78 is 0. The molecule has 92 valence electrons. The minimum Gasteiger partial charge on any atom is -0.334 e. The number of carbonyl (C=O) groups is 1. The van der Waals surface area contributed by atoms with Gasteiger partial charge in [0, 0.05) is 24.0 Å². The number of hydrogen-bond acceptors (Lipinski definition) is 2. The SMILES string of the molecule is CCCN1C(=O)C[C@H](N)[C@H]1c1cccc(Cl)c1. The average Bonchev–Trinajstić information content (AvgIpc) is 2.54. The van der Waals surface area contributed by atoms with Gasteiger partial charge < -0.3 is 10.6 Å². The third kappa shape index (κ3) is 2.45. The molecule has 4 heteroatoms. The third-order valence-electron chi connectivity index (χ3n) is 3.13. The molecule has 1 heterocycles. The van der Waals surface area contributed by atoms with Crippen LogP contribution >= 0.6 is 11.6 Å². The Morgan fingerprint density at radius 2 is 2.29 bits per heavy atom. The number of likely N-dealkylation sites (tertiary alicyclic amines) is 1. The second-order valence-corrected chi connectivity index (χ2v) is 4.89. The Bertz CT molecular complexity index is 422. The number of benzene rings is 1. The van der Waals surface area contributed by atoms with Crippen molar-refractivity contribution in [2.45, 2.75) is 31.8 Å². The predicted octanol–water partition coefficient (Wildman–Crippen LogP) is 2.35. The van der Waals surface area contributed by atoms with Crippen LogP contribution in [-0.2, 0) is 4.79 Å². The molecule has 1 amide bonds. The van der Waals surface area contributed by atoms with Gasteiger partial charge in [0.25, 0.3) is 0 Å². The zero-order valence-corrected chi connectivity index (χ0v) is 10.7. The highest BCUT2D eigenvalue weighted by atomic mass is 35.5. The molecule has 0 spiro atoms. The zero-order chi connectivity index (χ0) is 12.4. The molecule has 17 heavy (non-hydrogen) atoms. The van der Waals surface area contributed by atoms with Crippen molar-refractivity contribution >= 4 is 17.5 Å². The molecule has 1 saturated heterocycles. The summed E-state index contributed by atoms with van der Waals surface area (Å²) in [5.41, 5.74) is 7.10. The number of nitrogens with two attached hydrogens (primary N) is 1. The van der Waals surface area contributed by atoms with Gasteiger partial charge in [-0.2, -0.15) is 0 Å². The molecule has 3 nitrogen and oxygen atoms in total. The molecule has 0 saturated carbocycles. The Kier molecular flexibility index (Phi) is 3.69. The average molecular weight is 253 g/mol. The van der Waals surface area contributed by atoms with Gasteiger partial charge >= 0.3 is 0 Å². The number of amides is 1. The molecule has 1 aliphatic heterocycles. The smallest absolute Gasteiger partial charge is 0.224 e. The second-order valence-electron chi connectivity index (χ2n) is 4.45. The maximum absolute atomic E-state index is 11.9. The highest BCUT2D eigenvalue weighted by Crippen LogP contribution is 2.33. The monoisotopic (exact) mass is 252 g/mol. The largest absolute Gasteiger partial charge is 0.334 e. The fourth-order valence-corrected chi connectivity index (χ4v) is 2.64. The quantitative estimate of drug-likeness (QED) is 0.898. The summed E-state index contributed by atoms with van der Waals surface area (Å²) in [5.74, 6) is 0.143. The van der Waals surface area contributed by atoms with E-state index in [9.17, 15) is 4.79 Å². The van der Waals surface area contributed by atoms with Crippen LogP contribution in [0.4, 0.5) is 0 Å². The van der Waals surface area contributed by atoms with E-state index in [-0.39, 0.29) is 18.0 Å². The normalized spacial score (nSPS) is 24.4. The zero-order valence-electron chi connectivity index (χ0n) is 9.90. The van der Waals surface area contributed by atoms with Crippen LogP contribution in [0.2, 0.25) is 5.02 Å². The van der Waals surface area contributed by atoms with Crippen LogP contribution in [0.3, 0.4) is 0 Å². The molecule has 0 bridgehead atoms. The van der Waals surface area contributed by atoms with Gasteiger partial charge in [-0.3, -0.25) is 4.79 Å². The molecule has 0 aliphatic carbocycles. The fourth-order valence-electron chi connectivity index (χ4n) is 2.44. The van der Waals surface area contributed by atoms with Gasteiger partial charge in [0.15, 0.2) is 0 Å². The van der Waals surface area contributed by atoms with Crippen LogP contribution in [0.5, 0.6) is 0 Å². The highest BCUT2D eigenvalue weighted by Gasteiger charge is 2.37. The van der Waals surface area contributed by atoms with Crippen molar-refractivity contribution in [2.24, 2.45) is 5.73 Å². The topological polar surface area (TPSA) is 46.3 Å². The molecular weight excluding hydrogens is 236 g/mol. The van der Waals surface area contributed by atoms with Crippen LogP contribution in [0.1, 0.15) is 31.4 Å². The van der Waals surface area contributed by atoms with Crippen LogP contribution in [0.15, 0.2) is 24.3 Å². The number of rotatable bonds is 3. The first-order chi connectivity index (χ1) is 8.13. The highest BCUT2D eigenvalue weighted by molar-refractivity contribution is 6.30. The minimum absolute atomic E-state index is 0.0267. The molecule has 1 aliphatic rings. The number of carbonyl (C=O) groups excluding carboxylic acids is 1. The molecule has 2 N–H and O–H groups in total. The standard InChI is InChI=1S/C13H17ClN2O/c1-2-6-16-12(17)8-11(15)13(16)9-4-3-5-10(14)7-9/h3-5,7,11,13H,2,6,8,15H2,1H3/t11-,13+/m0/s1. The molecule has 0 unspecified atom stereocenters. The van der Waals surface area contributed by atoms with Crippen molar-refractivity contribution in [3.63, 3.8) is 0 Å². The lowest BCUT2D eigenvalue weighted by molar-refractivity contribution is -0.129. The van der Waals surface area contributed by atoms with E-state index in [0.29, 0.717) is 11.4 Å². The van der Waals surface area contributed by atoms with Gasteiger partial charge in [0.1, 0.15) is 0 Å². The Hall–Kier alpha value is -1.06. The molecular formula is C13H17ClN2O. The van der Waals surface area contributed by atoms with Gasteiger partial charge in [0.05, 0.1) is 6.04 Å². The number of halogens is 1. The molecule has 1 fully saturated rings. The Labute approximate surface area is 107 Å². The minimum atomic E-state index is -0.132. The lowest BCUT2D eigenvalue weighted by Gasteiger charge is -2.27. The summed E-state index contributed by atoms with van der Waals surface area (Å²) >= 11 is 5.99. The molecule has 1 aromatic rings.